The Morgan fingerprint density at radius 2 is 1.80 bits per heavy atom. The molecule has 30 heavy (non-hydrogen) atoms. The van der Waals surface area contributed by atoms with Gasteiger partial charge in [0.15, 0.2) is 17.3 Å². The van der Waals surface area contributed by atoms with E-state index in [2.05, 4.69) is 9.97 Å². The van der Waals surface area contributed by atoms with Crippen molar-refractivity contribution in [1.29, 1.82) is 0 Å². The Bertz CT molecular complexity index is 1340. The molecule has 0 unspecified atom stereocenters. The number of rotatable bonds is 5. The van der Waals surface area contributed by atoms with Crippen LogP contribution >= 0.6 is 0 Å². The van der Waals surface area contributed by atoms with Crippen molar-refractivity contribution >= 4 is 16.7 Å². The molecule has 6 nitrogen and oxygen atoms in total. The predicted octanol–water partition coefficient (Wildman–Crippen LogP) is 3.78. The van der Waals surface area contributed by atoms with E-state index in [-0.39, 0.29) is 5.52 Å². The topological polar surface area (TPSA) is 61.4 Å². The van der Waals surface area contributed by atoms with Gasteiger partial charge in [-0.25, -0.2) is 18.2 Å². The largest absolute Gasteiger partial charge is 0.481 e. The van der Waals surface area contributed by atoms with E-state index in [1.807, 2.05) is 6.92 Å². The first kappa shape index (κ1) is 19.9. The van der Waals surface area contributed by atoms with Gasteiger partial charge in [0.1, 0.15) is 17.2 Å². The smallest absolute Gasteiger partial charge is 0.277 e. The summed E-state index contributed by atoms with van der Waals surface area (Å²) in [6, 6.07) is 4.68. The van der Waals surface area contributed by atoms with E-state index in [0.29, 0.717) is 41.0 Å². The highest BCUT2D eigenvalue weighted by atomic mass is 19.2. The maximum atomic E-state index is 14.3. The highest BCUT2D eigenvalue weighted by molar-refractivity contribution is 5.77. The third-order valence-electron chi connectivity index (χ3n) is 5.04. The molecule has 4 aromatic rings. The van der Waals surface area contributed by atoms with Gasteiger partial charge in [0.2, 0.25) is 5.88 Å². The molecule has 0 spiro atoms. The molecule has 0 fully saturated rings. The van der Waals surface area contributed by atoms with E-state index in [0.717, 1.165) is 12.5 Å². The van der Waals surface area contributed by atoms with E-state index in [1.54, 1.807) is 23.5 Å². The summed E-state index contributed by atoms with van der Waals surface area (Å²) in [6.07, 6.45) is 1.41. The van der Waals surface area contributed by atoms with Crippen LogP contribution in [0.2, 0.25) is 0 Å². The molecule has 0 saturated heterocycles. The minimum absolute atomic E-state index is 0.254. The molecule has 1 aromatic carbocycles. The van der Waals surface area contributed by atoms with Gasteiger partial charge in [0.25, 0.3) is 5.56 Å². The first-order valence-corrected chi connectivity index (χ1v) is 9.45. The van der Waals surface area contributed by atoms with Crippen LogP contribution in [0.3, 0.4) is 0 Å². The van der Waals surface area contributed by atoms with Gasteiger partial charge in [-0.05, 0) is 31.5 Å². The first-order valence-electron chi connectivity index (χ1n) is 9.45. The van der Waals surface area contributed by atoms with E-state index < -0.39 is 35.1 Å². The standard InChI is InChI=1S/C21H19F3N4O2/c1-4-5-16-25-11(2)19-21(29)27(10-12-13(22)6-7-14(23)18(12)24)15-8-9-17(30-3)26-20(15)28(16)19/h6-9H,4-5,10H2,1-3H3. The van der Waals surface area contributed by atoms with Crippen LogP contribution in [0.25, 0.3) is 16.7 Å². The summed E-state index contributed by atoms with van der Waals surface area (Å²) in [4.78, 5) is 22.3. The van der Waals surface area contributed by atoms with Crippen LogP contribution in [0.15, 0.2) is 29.1 Å². The van der Waals surface area contributed by atoms with Crippen molar-refractivity contribution in [3.05, 3.63) is 69.2 Å². The first-order chi connectivity index (χ1) is 14.4. The molecule has 0 atom stereocenters. The zero-order valence-corrected chi connectivity index (χ0v) is 16.7. The number of hydrogen-bond acceptors (Lipinski definition) is 4. The molecule has 3 aromatic heterocycles. The van der Waals surface area contributed by atoms with Crippen LogP contribution in [-0.2, 0) is 13.0 Å². The van der Waals surface area contributed by atoms with Crippen LogP contribution in [0, 0.1) is 24.4 Å². The van der Waals surface area contributed by atoms with Crippen molar-refractivity contribution in [2.24, 2.45) is 0 Å². The summed E-state index contributed by atoms with van der Waals surface area (Å²) >= 11 is 0. The second-order valence-corrected chi connectivity index (χ2v) is 6.96. The number of aromatic nitrogens is 4. The van der Waals surface area contributed by atoms with E-state index in [9.17, 15) is 18.0 Å². The van der Waals surface area contributed by atoms with E-state index >= 15 is 0 Å². The third kappa shape index (κ3) is 3.01. The highest BCUT2D eigenvalue weighted by Crippen LogP contribution is 2.23. The van der Waals surface area contributed by atoms with Crippen molar-refractivity contribution < 1.29 is 17.9 Å². The second-order valence-electron chi connectivity index (χ2n) is 6.96. The third-order valence-corrected chi connectivity index (χ3v) is 5.04. The van der Waals surface area contributed by atoms with Gasteiger partial charge in [0, 0.05) is 18.1 Å². The Morgan fingerprint density at radius 3 is 2.50 bits per heavy atom. The monoisotopic (exact) mass is 416 g/mol. The van der Waals surface area contributed by atoms with Gasteiger partial charge in [-0.2, -0.15) is 4.98 Å². The molecule has 156 valence electrons. The number of aryl methyl sites for hydroxylation is 2. The van der Waals surface area contributed by atoms with Crippen LogP contribution in [-0.4, -0.2) is 26.0 Å². The van der Waals surface area contributed by atoms with Crippen molar-refractivity contribution in [3.63, 3.8) is 0 Å². The number of hydrogen-bond donors (Lipinski definition) is 0. The van der Waals surface area contributed by atoms with Crippen LogP contribution in [0.4, 0.5) is 13.2 Å². The molecule has 0 saturated carbocycles. The van der Waals surface area contributed by atoms with Crippen LogP contribution < -0.4 is 10.3 Å². The lowest BCUT2D eigenvalue weighted by Crippen LogP contribution is -2.25. The molecular weight excluding hydrogens is 397 g/mol. The van der Waals surface area contributed by atoms with Gasteiger partial charge in [-0.3, -0.25) is 13.8 Å². The van der Waals surface area contributed by atoms with Crippen molar-refractivity contribution in [1.82, 2.24) is 18.9 Å². The fourth-order valence-electron chi connectivity index (χ4n) is 3.64. The summed E-state index contributed by atoms with van der Waals surface area (Å²) in [5.41, 5.74) is 0.388. The Labute approximate surface area is 169 Å². The van der Waals surface area contributed by atoms with E-state index in [1.165, 1.54) is 11.7 Å². The molecule has 0 bridgehead atoms. The van der Waals surface area contributed by atoms with Crippen molar-refractivity contribution in [3.8, 4) is 5.88 Å². The lowest BCUT2D eigenvalue weighted by molar-refractivity contribution is 0.399. The summed E-state index contributed by atoms with van der Waals surface area (Å²) in [7, 11) is 1.46. The quantitative estimate of drug-likeness (QED) is 0.465. The second kappa shape index (κ2) is 7.47. The van der Waals surface area contributed by atoms with Gasteiger partial charge >= 0.3 is 0 Å². The number of imidazole rings is 1. The Morgan fingerprint density at radius 1 is 1.07 bits per heavy atom. The van der Waals surface area contributed by atoms with Crippen LogP contribution in [0.1, 0.15) is 30.4 Å². The average Bonchev–Trinajstić information content (AvgIpc) is 3.06. The lowest BCUT2D eigenvalue weighted by Gasteiger charge is -2.15. The Hall–Kier alpha value is -3.36. The predicted molar refractivity (Wildman–Crippen MR) is 105 cm³/mol. The molecule has 9 heteroatoms. The lowest BCUT2D eigenvalue weighted by atomic mass is 10.1. The maximum absolute atomic E-state index is 14.3. The average molecular weight is 416 g/mol. The molecule has 3 heterocycles. The normalized spacial score (nSPS) is 11.5. The Balaban J connectivity index is 2.10. The number of nitrogens with zero attached hydrogens (tertiary/aromatic N) is 4. The molecule has 0 aliphatic rings. The molecule has 0 radical (unpaired) electrons. The van der Waals surface area contributed by atoms with E-state index in [4.69, 9.17) is 4.74 Å². The zero-order valence-electron chi connectivity index (χ0n) is 16.7. The number of ether oxygens (including phenoxy) is 1. The maximum Gasteiger partial charge on any atom is 0.277 e. The number of pyridine rings is 1. The molecule has 0 amide bonds. The number of fused-ring (bicyclic) bond motifs is 3. The number of halogens is 3. The minimum Gasteiger partial charge on any atom is -0.481 e. The summed E-state index contributed by atoms with van der Waals surface area (Å²) < 4.78 is 50.4. The minimum atomic E-state index is -1.33. The number of benzene rings is 1. The van der Waals surface area contributed by atoms with Crippen molar-refractivity contribution in [2.75, 3.05) is 7.11 Å². The van der Waals surface area contributed by atoms with Gasteiger partial charge < -0.3 is 4.74 Å². The number of methoxy groups -OCH3 is 1. The van der Waals surface area contributed by atoms with Crippen LogP contribution in [0.5, 0.6) is 5.88 Å². The summed E-state index contributed by atoms with van der Waals surface area (Å²) in [5, 5.41) is 0. The van der Waals surface area contributed by atoms with Gasteiger partial charge in [-0.1, -0.05) is 6.92 Å². The molecule has 4 rings (SSSR count). The fourth-order valence-corrected chi connectivity index (χ4v) is 3.64. The summed E-state index contributed by atoms with van der Waals surface area (Å²) in [6.45, 7) is 3.18. The fraction of sp³-hybridized carbons (Fsp3) is 0.286. The molecule has 0 aliphatic heterocycles. The van der Waals surface area contributed by atoms with Gasteiger partial charge in [0.05, 0.1) is 24.9 Å². The zero-order chi connectivity index (χ0) is 21.6. The van der Waals surface area contributed by atoms with Crippen molar-refractivity contribution in [2.45, 2.75) is 33.2 Å². The molecular formula is C21H19F3N4O2. The SMILES string of the molecule is CCCc1nc(C)c2c(=O)n(Cc3c(F)ccc(F)c3F)c3ccc(OC)nc3n12. The summed E-state index contributed by atoms with van der Waals surface area (Å²) in [5.74, 6) is -2.48. The van der Waals surface area contributed by atoms with Gasteiger partial charge in [-0.15, -0.1) is 0 Å². The Kier molecular flexibility index (Phi) is 4.97. The molecule has 0 N–H and O–H groups in total. The molecule has 0 aliphatic carbocycles. The highest BCUT2D eigenvalue weighted by Gasteiger charge is 2.22.